The van der Waals surface area contributed by atoms with Crippen LogP contribution in [0.4, 0.5) is 5.69 Å². The molecule has 0 amide bonds. The second kappa shape index (κ2) is 7.99. The maximum Gasteiger partial charge on any atom is 0.311 e. The van der Waals surface area contributed by atoms with Crippen LogP contribution in [0.2, 0.25) is 0 Å². The first-order valence-electron chi connectivity index (χ1n) is 5.64. The van der Waals surface area contributed by atoms with Crippen LogP contribution in [-0.2, 0) is 6.54 Å². The summed E-state index contributed by atoms with van der Waals surface area (Å²) in [7, 11) is 0. The Morgan fingerprint density at radius 3 is 2.89 bits per heavy atom. The largest absolute Gasteiger partial charge is 0.481 e. The minimum atomic E-state index is -0.483. The first kappa shape index (κ1) is 15.8. The van der Waals surface area contributed by atoms with Gasteiger partial charge in [0.25, 0.3) is 0 Å². The lowest BCUT2D eigenvalue weighted by atomic mass is 10.2. The van der Waals surface area contributed by atoms with Gasteiger partial charge in [-0.1, -0.05) is 36.2 Å². The highest BCUT2D eigenvalue weighted by molar-refractivity contribution is 6.36. The van der Waals surface area contributed by atoms with Gasteiger partial charge in [-0.25, -0.2) is 0 Å². The molecule has 104 valence electrons. The quantitative estimate of drug-likeness (QED) is 0.619. The highest BCUT2D eigenvalue weighted by Crippen LogP contribution is 2.28. The molecule has 0 spiro atoms. The zero-order chi connectivity index (χ0) is 14.3. The molecule has 0 aliphatic heterocycles. The van der Waals surface area contributed by atoms with Crippen LogP contribution in [0.15, 0.2) is 28.8 Å². The second-order valence-electron chi connectivity index (χ2n) is 3.68. The molecule has 0 radical (unpaired) electrons. The predicted molar refractivity (Wildman–Crippen MR) is 75.8 cm³/mol. The summed E-state index contributed by atoms with van der Waals surface area (Å²) in [6.07, 6.45) is 0. The maximum atomic E-state index is 11.0. The number of rotatable bonds is 7. The number of nitrogens with zero attached hydrogens (tertiary/aromatic N) is 1. The molecule has 0 heterocycles. The van der Waals surface area contributed by atoms with E-state index in [0.29, 0.717) is 6.54 Å². The molecule has 1 N–H and O–H groups in total. The average Bonchev–Trinajstić information content (AvgIpc) is 2.42. The summed E-state index contributed by atoms with van der Waals surface area (Å²) >= 11 is 11.1. The van der Waals surface area contributed by atoms with Crippen molar-refractivity contribution in [1.82, 2.24) is 5.32 Å². The molecular formula is C12H14Cl2N2O3. The SMILES string of the molecule is CCNCc1ccc(OCC(Cl)=CCl)c([N+](=O)[O-])c1. The highest BCUT2D eigenvalue weighted by Gasteiger charge is 2.16. The molecule has 0 aliphatic carbocycles. The summed E-state index contributed by atoms with van der Waals surface area (Å²) < 4.78 is 5.26. The molecule has 1 aromatic carbocycles. The summed E-state index contributed by atoms with van der Waals surface area (Å²) in [5, 5.41) is 14.4. The molecule has 0 aromatic heterocycles. The van der Waals surface area contributed by atoms with E-state index in [2.05, 4.69) is 5.32 Å². The van der Waals surface area contributed by atoms with E-state index in [9.17, 15) is 10.1 Å². The Bertz CT molecular complexity index is 478. The average molecular weight is 305 g/mol. The van der Waals surface area contributed by atoms with Gasteiger partial charge in [0.15, 0.2) is 5.75 Å². The molecule has 0 aliphatic rings. The fourth-order valence-electron chi connectivity index (χ4n) is 1.39. The van der Waals surface area contributed by atoms with Gasteiger partial charge in [-0.05, 0) is 18.2 Å². The Labute approximate surface area is 121 Å². The van der Waals surface area contributed by atoms with Crippen LogP contribution in [0.1, 0.15) is 12.5 Å². The molecule has 19 heavy (non-hydrogen) atoms. The number of hydrogen-bond donors (Lipinski definition) is 1. The van der Waals surface area contributed by atoms with Gasteiger partial charge in [0.1, 0.15) is 6.61 Å². The Hall–Kier alpha value is -1.30. The molecule has 1 aromatic rings. The topological polar surface area (TPSA) is 64.4 Å². The summed E-state index contributed by atoms with van der Waals surface area (Å²) in [5.74, 6) is 0.168. The van der Waals surface area contributed by atoms with E-state index in [1.807, 2.05) is 6.92 Å². The van der Waals surface area contributed by atoms with Crippen molar-refractivity contribution in [1.29, 1.82) is 0 Å². The number of halogens is 2. The van der Waals surface area contributed by atoms with Crippen molar-refractivity contribution in [3.05, 3.63) is 44.4 Å². The molecule has 0 bridgehead atoms. The normalized spacial score (nSPS) is 11.4. The molecule has 0 unspecified atom stereocenters. The van der Waals surface area contributed by atoms with E-state index in [-0.39, 0.29) is 23.1 Å². The lowest BCUT2D eigenvalue weighted by Gasteiger charge is -2.08. The number of hydrogen-bond acceptors (Lipinski definition) is 4. The van der Waals surface area contributed by atoms with E-state index >= 15 is 0 Å². The summed E-state index contributed by atoms with van der Waals surface area (Å²) in [4.78, 5) is 10.5. The standard InChI is InChI=1S/C12H14Cl2N2O3/c1-2-15-7-9-3-4-12(11(5-9)16(17)18)19-8-10(14)6-13/h3-6,15H,2,7-8H2,1H3. The number of nitro groups is 1. The molecule has 0 saturated heterocycles. The highest BCUT2D eigenvalue weighted by atomic mass is 35.5. The van der Waals surface area contributed by atoms with Crippen LogP contribution in [0.3, 0.4) is 0 Å². The van der Waals surface area contributed by atoms with Gasteiger partial charge in [0, 0.05) is 18.1 Å². The molecule has 0 atom stereocenters. The van der Waals surface area contributed by atoms with Gasteiger partial charge < -0.3 is 10.1 Å². The van der Waals surface area contributed by atoms with E-state index in [1.54, 1.807) is 12.1 Å². The van der Waals surface area contributed by atoms with Gasteiger partial charge in [-0.15, -0.1) is 0 Å². The van der Waals surface area contributed by atoms with E-state index in [1.165, 1.54) is 6.07 Å². The predicted octanol–water partition coefficient (Wildman–Crippen LogP) is 3.40. The van der Waals surface area contributed by atoms with Gasteiger partial charge in [-0.2, -0.15) is 0 Å². The number of benzene rings is 1. The molecule has 1 rings (SSSR count). The van der Waals surface area contributed by atoms with Crippen molar-refractivity contribution in [3.63, 3.8) is 0 Å². The van der Waals surface area contributed by atoms with Gasteiger partial charge in [0.05, 0.1) is 9.96 Å². The lowest BCUT2D eigenvalue weighted by molar-refractivity contribution is -0.385. The minimum absolute atomic E-state index is 0.00154. The van der Waals surface area contributed by atoms with Crippen LogP contribution in [0.5, 0.6) is 5.75 Å². The number of nitrogens with one attached hydrogen (secondary N) is 1. The number of nitro benzene ring substituents is 1. The Morgan fingerprint density at radius 2 is 2.32 bits per heavy atom. The minimum Gasteiger partial charge on any atom is -0.481 e. The van der Waals surface area contributed by atoms with Crippen molar-refractivity contribution < 1.29 is 9.66 Å². The monoisotopic (exact) mass is 304 g/mol. The van der Waals surface area contributed by atoms with Crippen molar-refractivity contribution in [3.8, 4) is 5.75 Å². The fourth-order valence-corrected chi connectivity index (χ4v) is 1.50. The molecular weight excluding hydrogens is 291 g/mol. The smallest absolute Gasteiger partial charge is 0.311 e. The van der Waals surface area contributed by atoms with Crippen LogP contribution < -0.4 is 10.1 Å². The van der Waals surface area contributed by atoms with Crippen molar-refractivity contribution >= 4 is 28.9 Å². The van der Waals surface area contributed by atoms with Gasteiger partial charge in [0.2, 0.25) is 0 Å². The zero-order valence-corrected chi connectivity index (χ0v) is 11.9. The zero-order valence-electron chi connectivity index (χ0n) is 10.4. The second-order valence-corrected chi connectivity index (χ2v) is 4.39. The van der Waals surface area contributed by atoms with Gasteiger partial charge in [-0.3, -0.25) is 10.1 Å². The molecule has 7 heteroatoms. The number of ether oxygens (including phenoxy) is 1. The first-order chi connectivity index (χ1) is 9.08. The maximum absolute atomic E-state index is 11.0. The van der Waals surface area contributed by atoms with Crippen molar-refractivity contribution in [2.75, 3.05) is 13.2 Å². The van der Waals surface area contributed by atoms with Crippen molar-refractivity contribution in [2.45, 2.75) is 13.5 Å². The van der Waals surface area contributed by atoms with Crippen LogP contribution in [0, 0.1) is 10.1 Å². The van der Waals surface area contributed by atoms with E-state index in [0.717, 1.165) is 17.6 Å². The Kier molecular flexibility index (Phi) is 6.62. The van der Waals surface area contributed by atoms with E-state index < -0.39 is 4.92 Å². The molecule has 0 saturated carbocycles. The van der Waals surface area contributed by atoms with Crippen molar-refractivity contribution in [2.24, 2.45) is 0 Å². The molecule has 0 fully saturated rings. The fraction of sp³-hybridized carbons (Fsp3) is 0.333. The van der Waals surface area contributed by atoms with E-state index in [4.69, 9.17) is 27.9 Å². The van der Waals surface area contributed by atoms with Gasteiger partial charge >= 0.3 is 5.69 Å². The van der Waals surface area contributed by atoms with Crippen LogP contribution >= 0.6 is 23.2 Å². The Morgan fingerprint density at radius 1 is 1.58 bits per heavy atom. The first-order valence-corrected chi connectivity index (χ1v) is 6.45. The third-order valence-electron chi connectivity index (χ3n) is 2.28. The summed E-state index contributed by atoms with van der Waals surface area (Å²) in [5.41, 5.74) is 1.89. The van der Waals surface area contributed by atoms with Crippen LogP contribution in [0.25, 0.3) is 0 Å². The summed E-state index contributed by atoms with van der Waals surface area (Å²) in [6, 6.07) is 4.81. The van der Waals surface area contributed by atoms with Crippen LogP contribution in [-0.4, -0.2) is 18.1 Å². The summed E-state index contributed by atoms with van der Waals surface area (Å²) in [6.45, 7) is 3.33. The Balaban J connectivity index is 2.88. The molecule has 5 nitrogen and oxygen atoms in total. The third kappa shape index (κ3) is 5.06. The third-order valence-corrected chi connectivity index (χ3v) is 2.88. The lowest BCUT2D eigenvalue weighted by Crippen LogP contribution is -2.12.